The third-order valence-electron chi connectivity index (χ3n) is 4.91. The average Bonchev–Trinajstić information content (AvgIpc) is 2.83. The van der Waals surface area contributed by atoms with Crippen LogP contribution in [0.15, 0.2) is 0 Å². The number of halogens is 2. The molecule has 0 amide bonds. The Bertz CT molecular complexity index is 378. The number of alkyl halides is 2. The van der Waals surface area contributed by atoms with Crippen LogP contribution in [0.25, 0.3) is 0 Å². The van der Waals surface area contributed by atoms with Crippen molar-refractivity contribution in [3.05, 3.63) is 0 Å². The van der Waals surface area contributed by atoms with Gasteiger partial charge in [-0.1, -0.05) is 51.9 Å². The molecule has 0 saturated carbocycles. The third kappa shape index (κ3) is 6.27. The predicted molar refractivity (Wildman–Crippen MR) is 93.2 cm³/mol. The van der Waals surface area contributed by atoms with Gasteiger partial charge in [-0.15, -0.1) is 23.2 Å². The largest absolute Gasteiger partial charge is 0.229 e. The van der Waals surface area contributed by atoms with Crippen LogP contribution in [-0.4, -0.2) is 31.7 Å². The Morgan fingerprint density at radius 1 is 1.00 bits per heavy atom. The summed E-state index contributed by atoms with van der Waals surface area (Å²) in [4.78, 5) is 0. The van der Waals surface area contributed by atoms with E-state index in [0.717, 1.165) is 19.3 Å². The summed E-state index contributed by atoms with van der Waals surface area (Å²) in [6.07, 6.45) is 10.5. The van der Waals surface area contributed by atoms with Crippen LogP contribution < -0.4 is 0 Å². The van der Waals surface area contributed by atoms with Gasteiger partial charge in [0.05, 0.1) is 11.5 Å². The predicted octanol–water partition coefficient (Wildman–Crippen LogP) is 5.03. The molecule has 0 aromatic carbocycles. The van der Waals surface area contributed by atoms with E-state index in [9.17, 15) is 8.42 Å². The quantitative estimate of drug-likeness (QED) is 0.384. The van der Waals surface area contributed by atoms with Gasteiger partial charge < -0.3 is 0 Å². The Hall–Kier alpha value is 0.530. The molecule has 0 aromatic heterocycles. The number of hydrogen-bond acceptors (Lipinski definition) is 2. The summed E-state index contributed by atoms with van der Waals surface area (Å²) in [6.45, 7) is 2.23. The molecule has 126 valence electrons. The lowest BCUT2D eigenvalue weighted by Gasteiger charge is -2.35. The second-order valence-corrected chi connectivity index (χ2v) is 9.36. The molecular formula is C16H30Cl2O2S. The van der Waals surface area contributed by atoms with Crippen molar-refractivity contribution in [3.8, 4) is 0 Å². The van der Waals surface area contributed by atoms with Crippen molar-refractivity contribution < 1.29 is 8.42 Å². The van der Waals surface area contributed by atoms with Gasteiger partial charge in [0.1, 0.15) is 0 Å². The molecule has 0 aromatic rings. The van der Waals surface area contributed by atoms with Crippen LogP contribution in [0.2, 0.25) is 0 Å². The summed E-state index contributed by atoms with van der Waals surface area (Å²) in [5.41, 5.74) is -0.184. The summed E-state index contributed by atoms with van der Waals surface area (Å²) in [5, 5.41) is 0. The van der Waals surface area contributed by atoms with Gasteiger partial charge in [0.2, 0.25) is 0 Å². The highest BCUT2D eigenvalue weighted by atomic mass is 35.5. The zero-order chi connectivity index (χ0) is 15.8. The molecule has 0 N–H and O–H groups in total. The van der Waals surface area contributed by atoms with Gasteiger partial charge in [0, 0.05) is 17.2 Å². The highest BCUT2D eigenvalue weighted by molar-refractivity contribution is 7.91. The van der Waals surface area contributed by atoms with Gasteiger partial charge in [-0.2, -0.15) is 0 Å². The second-order valence-electron chi connectivity index (χ2n) is 6.60. The van der Waals surface area contributed by atoms with Crippen LogP contribution in [0.3, 0.4) is 0 Å². The molecule has 1 rings (SSSR count). The molecule has 0 bridgehead atoms. The minimum absolute atomic E-state index is 0.151. The summed E-state index contributed by atoms with van der Waals surface area (Å²) < 4.78 is 23.4. The standard InChI is InChI=1S/C16H30Cl2O2S/c1-2-3-4-5-6-7-8-10-16(13-17,14-18)15-9-11-21(19,20)12-15/h15H,2-14H2,1H3. The van der Waals surface area contributed by atoms with Crippen LogP contribution in [0, 0.1) is 11.3 Å². The SMILES string of the molecule is CCCCCCCCCC(CCl)(CCl)C1CCS(=O)(=O)C1. The molecule has 1 heterocycles. The van der Waals surface area contributed by atoms with Crippen molar-refractivity contribution in [2.24, 2.45) is 11.3 Å². The fraction of sp³-hybridized carbons (Fsp3) is 1.00. The monoisotopic (exact) mass is 356 g/mol. The first-order valence-electron chi connectivity index (χ1n) is 8.32. The van der Waals surface area contributed by atoms with E-state index in [1.165, 1.54) is 38.5 Å². The first kappa shape index (κ1) is 19.6. The average molecular weight is 357 g/mol. The van der Waals surface area contributed by atoms with Gasteiger partial charge >= 0.3 is 0 Å². The minimum Gasteiger partial charge on any atom is -0.229 e. The minimum atomic E-state index is -2.86. The molecule has 0 spiro atoms. The van der Waals surface area contributed by atoms with E-state index in [2.05, 4.69) is 6.92 Å². The Labute approximate surface area is 140 Å². The Morgan fingerprint density at radius 3 is 2.05 bits per heavy atom. The topological polar surface area (TPSA) is 34.1 Å². The summed E-state index contributed by atoms with van der Waals surface area (Å²) >= 11 is 12.4. The Kier molecular flexibility index (Phi) is 8.97. The molecule has 1 fully saturated rings. The van der Waals surface area contributed by atoms with E-state index in [1.54, 1.807) is 0 Å². The number of sulfone groups is 1. The highest BCUT2D eigenvalue weighted by Gasteiger charge is 2.43. The van der Waals surface area contributed by atoms with Crippen molar-refractivity contribution in [1.82, 2.24) is 0 Å². The number of unbranched alkanes of at least 4 members (excludes halogenated alkanes) is 6. The summed E-state index contributed by atoms with van der Waals surface area (Å²) in [5.74, 6) is 1.70. The van der Waals surface area contributed by atoms with Crippen molar-refractivity contribution in [2.45, 2.75) is 64.7 Å². The van der Waals surface area contributed by atoms with E-state index in [4.69, 9.17) is 23.2 Å². The van der Waals surface area contributed by atoms with E-state index in [0.29, 0.717) is 17.5 Å². The van der Waals surface area contributed by atoms with Crippen molar-refractivity contribution >= 4 is 33.0 Å². The Balaban J connectivity index is 2.39. The van der Waals surface area contributed by atoms with Crippen LogP contribution in [0.5, 0.6) is 0 Å². The van der Waals surface area contributed by atoms with Crippen LogP contribution >= 0.6 is 23.2 Å². The van der Waals surface area contributed by atoms with Gasteiger partial charge in [-0.3, -0.25) is 0 Å². The molecule has 0 aliphatic carbocycles. The maximum Gasteiger partial charge on any atom is 0.150 e. The number of rotatable bonds is 11. The van der Waals surface area contributed by atoms with Gasteiger partial charge in [0.15, 0.2) is 9.84 Å². The lowest BCUT2D eigenvalue weighted by Crippen LogP contribution is -2.35. The fourth-order valence-electron chi connectivity index (χ4n) is 3.30. The first-order valence-corrected chi connectivity index (χ1v) is 11.2. The first-order chi connectivity index (χ1) is 9.99. The lowest BCUT2D eigenvalue weighted by atomic mass is 9.74. The zero-order valence-electron chi connectivity index (χ0n) is 13.3. The molecule has 1 atom stereocenters. The molecule has 2 nitrogen and oxygen atoms in total. The Morgan fingerprint density at radius 2 is 1.57 bits per heavy atom. The summed E-state index contributed by atoms with van der Waals surface area (Å²) in [6, 6.07) is 0. The third-order valence-corrected chi connectivity index (χ3v) is 7.74. The van der Waals surface area contributed by atoms with Gasteiger partial charge in [0.25, 0.3) is 0 Å². The van der Waals surface area contributed by atoms with E-state index in [1.807, 2.05) is 0 Å². The molecular weight excluding hydrogens is 327 g/mol. The highest BCUT2D eigenvalue weighted by Crippen LogP contribution is 2.42. The maximum atomic E-state index is 11.7. The lowest BCUT2D eigenvalue weighted by molar-refractivity contribution is 0.219. The second kappa shape index (κ2) is 9.62. The van der Waals surface area contributed by atoms with E-state index < -0.39 is 9.84 Å². The molecule has 21 heavy (non-hydrogen) atoms. The fourth-order valence-corrected chi connectivity index (χ4v) is 6.24. The molecule has 1 aliphatic rings. The van der Waals surface area contributed by atoms with Crippen LogP contribution in [-0.2, 0) is 9.84 Å². The summed E-state index contributed by atoms with van der Waals surface area (Å²) in [7, 11) is -2.86. The van der Waals surface area contributed by atoms with Gasteiger partial charge in [-0.05, 0) is 18.8 Å². The molecule has 1 aliphatic heterocycles. The van der Waals surface area contributed by atoms with Crippen molar-refractivity contribution in [2.75, 3.05) is 23.3 Å². The van der Waals surface area contributed by atoms with Crippen LogP contribution in [0.1, 0.15) is 64.7 Å². The van der Waals surface area contributed by atoms with Crippen LogP contribution in [0.4, 0.5) is 0 Å². The van der Waals surface area contributed by atoms with E-state index >= 15 is 0 Å². The normalized spacial score (nSPS) is 21.8. The smallest absolute Gasteiger partial charge is 0.150 e. The molecule has 1 saturated heterocycles. The zero-order valence-corrected chi connectivity index (χ0v) is 15.6. The van der Waals surface area contributed by atoms with E-state index in [-0.39, 0.29) is 17.1 Å². The molecule has 1 unspecified atom stereocenters. The van der Waals surface area contributed by atoms with Gasteiger partial charge in [-0.25, -0.2) is 8.42 Å². The molecule has 0 radical (unpaired) electrons. The molecule has 5 heteroatoms. The maximum absolute atomic E-state index is 11.7. The number of hydrogen-bond donors (Lipinski definition) is 0. The van der Waals surface area contributed by atoms with Crippen molar-refractivity contribution in [3.63, 3.8) is 0 Å². The van der Waals surface area contributed by atoms with Crippen molar-refractivity contribution in [1.29, 1.82) is 0 Å².